The van der Waals surface area contributed by atoms with Crippen LogP contribution in [0.5, 0.6) is 0 Å². The van der Waals surface area contributed by atoms with Crippen molar-refractivity contribution in [1.82, 2.24) is 0 Å². The minimum Gasteiger partial charge on any atom is -0.459 e. The fraction of sp³-hybridized carbons (Fsp3) is 0.850. The van der Waals surface area contributed by atoms with Crippen LogP contribution < -0.4 is 0 Å². The van der Waals surface area contributed by atoms with E-state index in [0.717, 1.165) is 19.3 Å². The molecular weight excluding hydrogens is 368 g/mol. The molecule has 0 aromatic rings. The first-order valence-corrected chi connectivity index (χ1v) is 10.1. The second kappa shape index (κ2) is 8.37. The van der Waals surface area contributed by atoms with E-state index in [2.05, 4.69) is 0 Å². The molecule has 28 heavy (non-hydrogen) atoms. The Kier molecular flexibility index (Phi) is 6.29. The van der Waals surface area contributed by atoms with E-state index in [0.29, 0.717) is 18.8 Å². The Labute approximate surface area is 164 Å². The average molecular weight is 398 g/mol. The quantitative estimate of drug-likeness (QED) is 0.373. The van der Waals surface area contributed by atoms with Gasteiger partial charge in [-0.05, 0) is 57.8 Å². The van der Waals surface area contributed by atoms with Gasteiger partial charge in [0.15, 0.2) is 12.9 Å². The summed E-state index contributed by atoms with van der Waals surface area (Å²) in [7, 11) is 0. The third-order valence-electron chi connectivity index (χ3n) is 6.30. The highest BCUT2D eigenvalue weighted by atomic mass is 16.7. The van der Waals surface area contributed by atoms with Crippen molar-refractivity contribution < 1.29 is 38.4 Å². The third kappa shape index (κ3) is 4.66. The molecule has 6 unspecified atom stereocenters. The Morgan fingerprint density at radius 3 is 2.68 bits per heavy atom. The molecular formula is C20H30O8. The smallest absolute Gasteiger partial charge is 0.344 e. The van der Waals surface area contributed by atoms with Crippen LogP contribution in [0.1, 0.15) is 52.9 Å². The summed E-state index contributed by atoms with van der Waals surface area (Å²) in [6, 6.07) is 0. The molecule has 4 aliphatic rings. The maximum absolute atomic E-state index is 12.1. The SMILES string of the molecule is CCC(C)(C)C(=O)OCC(=O)OCC(O)OC1C2CC3CC(C2)C(=O)OC1C3. The molecule has 2 heterocycles. The standard InChI is InChI=1S/C20H30O8/c1-4-20(2,3)19(24)26-9-15(21)25-10-16(22)28-17-12-5-11-6-13(8-12)18(23)27-14(17)7-11/h11-14,16-17,22H,4-10H2,1-3H3. The number of fused-ring (bicyclic) bond motifs is 1. The zero-order chi connectivity index (χ0) is 20.5. The van der Waals surface area contributed by atoms with Gasteiger partial charge in [-0.2, -0.15) is 0 Å². The van der Waals surface area contributed by atoms with E-state index in [1.54, 1.807) is 13.8 Å². The first kappa shape index (κ1) is 21.0. The van der Waals surface area contributed by atoms with E-state index in [1.807, 2.05) is 6.92 Å². The van der Waals surface area contributed by atoms with Crippen LogP contribution in [0, 0.1) is 23.2 Å². The number of aliphatic hydroxyl groups is 1. The molecule has 0 radical (unpaired) electrons. The lowest BCUT2D eigenvalue weighted by Crippen LogP contribution is -2.46. The van der Waals surface area contributed by atoms with Crippen molar-refractivity contribution in [3.8, 4) is 0 Å². The summed E-state index contributed by atoms with van der Waals surface area (Å²) in [5.74, 6) is -0.832. The lowest BCUT2D eigenvalue weighted by molar-refractivity contribution is -0.217. The Bertz CT molecular complexity index is 615. The van der Waals surface area contributed by atoms with E-state index in [4.69, 9.17) is 18.9 Å². The Morgan fingerprint density at radius 1 is 1.21 bits per heavy atom. The second-order valence-electron chi connectivity index (χ2n) is 8.79. The number of aliphatic hydroxyl groups excluding tert-OH is 1. The van der Waals surface area contributed by atoms with E-state index in [-0.39, 0.29) is 36.6 Å². The molecule has 4 rings (SSSR count). The highest BCUT2D eigenvalue weighted by molar-refractivity contribution is 5.79. The molecule has 0 aromatic carbocycles. The molecule has 158 valence electrons. The van der Waals surface area contributed by atoms with Crippen molar-refractivity contribution in [2.24, 2.45) is 23.2 Å². The predicted molar refractivity (Wildman–Crippen MR) is 95.7 cm³/mol. The summed E-state index contributed by atoms with van der Waals surface area (Å²) >= 11 is 0. The Morgan fingerprint density at radius 2 is 1.96 bits per heavy atom. The first-order chi connectivity index (χ1) is 13.2. The van der Waals surface area contributed by atoms with Crippen molar-refractivity contribution in [2.45, 2.75) is 71.4 Å². The number of carbonyl (C=O) groups excluding carboxylic acids is 3. The van der Waals surface area contributed by atoms with Crippen molar-refractivity contribution in [3.05, 3.63) is 0 Å². The predicted octanol–water partition coefficient (Wildman–Crippen LogP) is 1.57. The molecule has 2 saturated carbocycles. The molecule has 0 spiro atoms. The normalized spacial score (nSPS) is 32.4. The molecule has 6 atom stereocenters. The van der Waals surface area contributed by atoms with Gasteiger partial charge in [0.2, 0.25) is 0 Å². The van der Waals surface area contributed by atoms with Crippen LogP contribution in [0.25, 0.3) is 0 Å². The minimum atomic E-state index is -1.33. The van der Waals surface area contributed by atoms with Gasteiger partial charge in [0.05, 0.1) is 11.3 Å². The van der Waals surface area contributed by atoms with Crippen LogP contribution in [-0.2, 0) is 33.3 Å². The molecule has 4 bridgehead atoms. The number of hydrogen-bond donors (Lipinski definition) is 1. The number of rotatable bonds is 8. The molecule has 2 aliphatic carbocycles. The largest absolute Gasteiger partial charge is 0.459 e. The van der Waals surface area contributed by atoms with Gasteiger partial charge >= 0.3 is 17.9 Å². The zero-order valence-electron chi connectivity index (χ0n) is 16.7. The number of hydrogen-bond acceptors (Lipinski definition) is 8. The lowest BCUT2D eigenvalue weighted by atomic mass is 9.67. The first-order valence-electron chi connectivity index (χ1n) is 10.1. The van der Waals surface area contributed by atoms with Crippen LogP contribution in [0.15, 0.2) is 0 Å². The molecule has 0 amide bonds. The highest BCUT2D eigenvalue weighted by Gasteiger charge is 2.51. The van der Waals surface area contributed by atoms with Gasteiger partial charge in [0.1, 0.15) is 18.8 Å². The summed E-state index contributed by atoms with van der Waals surface area (Å²) in [6.45, 7) is 4.45. The summed E-state index contributed by atoms with van der Waals surface area (Å²) in [5, 5.41) is 10.1. The van der Waals surface area contributed by atoms with Crippen LogP contribution in [0.3, 0.4) is 0 Å². The van der Waals surface area contributed by atoms with E-state index < -0.39 is 30.3 Å². The zero-order valence-corrected chi connectivity index (χ0v) is 16.7. The van der Waals surface area contributed by atoms with Crippen LogP contribution in [-0.4, -0.2) is 54.7 Å². The van der Waals surface area contributed by atoms with Gasteiger partial charge in [0, 0.05) is 0 Å². The van der Waals surface area contributed by atoms with Crippen LogP contribution >= 0.6 is 0 Å². The molecule has 1 N–H and O–H groups in total. The van der Waals surface area contributed by atoms with Crippen LogP contribution in [0.4, 0.5) is 0 Å². The average Bonchev–Trinajstić information content (AvgIpc) is 2.82. The fourth-order valence-electron chi connectivity index (χ4n) is 4.35. The van der Waals surface area contributed by atoms with E-state index >= 15 is 0 Å². The Balaban J connectivity index is 1.43. The van der Waals surface area contributed by atoms with Gasteiger partial charge in [0.25, 0.3) is 0 Å². The molecule has 2 aliphatic heterocycles. The lowest BCUT2D eigenvalue weighted by Gasteiger charge is -2.42. The molecule has 8 nitrogen and oxygen atoms in total. The maximum Gasteiger partial charge on any atom is 0.344 e. The minimum absolute atomic E-state index is 0.0700. The van der Waals surface area contributed by atoms with E-state index in [9.17, 15) is 19.5 Å². The topological polar surface area (TPSA) is 108 Å². The molecule has 8 heteroatoms. The van der Waals surface area contributed by atoms with Gasteiger partial charge in [-0.3, -0.25) is 9.59 Å². The maximum atomic E-state index is 12.1. The van der Waals surface area contributed by atoms with Gasteiger partial charge in [-0.25, -0.2) is 4.79 Å². The fourth-order valence-corrected chi connectivity index (χ4v) is 4.35. The molecule has 4 fully saturated rings. The van der Waals surface area contributed by atoms with Crippen molar-refractivity contribution in [2.75, 3.05) is 13.2 Å². The van der Waals surface area contributed by atoms with Gasteiger partial charge in [-0.1, -0.05) is 6.92 Å². The van der Waals surface area contributed by atoms with Crippen molar-refractivity contribution >= 4 is 17.9 Å². The monoisotopic (exact) mass is 398 g/mol. The highest BCUT2D eigenvalue weighted by Crippen LogP contribution is 2.48. The van der Waals surface area contributed by atoms with Crippen molar-refractivity contribution in [1.29, 1.82) is 0 Å². The summed E-state index contributed by atoms with van der Waals surface area (Å²) in [4.78, 5) is 35.7. The summed E-state index contributed by atoms with van der Waals surface area (Å²) in [5.41, 5.74) is -0.668. The molecule has 2 saturated heterocycles. The summed E-state index contributed by atoms with van der Waals surface area (Å²) in [6.07, 6.45) is 1.83. The number of esters is 3. The third-order valence-corrected chi connectivity index (χ3v) is 6.30. The van der Waals surface area contributed by atoms with Crippen molar-refractivity contribution in [3.63, 3.8) is 0 Å². The molecule has 0 aromatic heterocycles. The number of carbonyl (C=O) groups is 3. The summed E-state index contributed by atoms with van der Waals surface area (Å²) < 4.78 is 21.1. The van der Waals surface area contributed by atoms with Gasteiger partial charge < -0.3 is 24.1 Å². The van der Waals surface area contributed by atoms with E-state index in [1.165, 1.54) is 0 Å². The second-order valence-corrected chi connectivity index (χ2v) is 8.79. The Hall–Kier alpha value is -1.67. The van der Waals surface area contributed by atoms with Crippen LogP contribution in [0.2, 0.25) is 0 Å². The number of ether oxygens (including phenoxy) is 4. The van der Waals surface area contributed by atoms with Gasteiger partial charge in [-0.15, -0.1) is 0 Å².